The van der Waals surface area contributed by atoms with Gasteiger partial charge in [0.25, 0.3) is 11.8 Å². The number of phenols is 1. The molecule has 59 heavy (non-hydrogen) atoms. The molecule has 5 aromatic carbocycles. The van der Waals surface area contributed by atoms with E-state index < -0.39 is 35.8 Å². The summed E-state index contributed by atoms with van der Waals surface area (Å²) < 4.78 is 0.624. The molecule has 0 fully saturated rings. The van der Waals surface area contributed by atoms with Crippen molar-refractivity contribution >= 4 is 84.7 Å². The van der Waals surface area contributed by atoms with Crippen molar-refractivity contribution in [2.45, 2.75) is 31.3 Å². The number of nitrogens with one attached hydrogen (secondary N) is 5. The summed E-state index contributed by atoms with van der Waals surface area (Å²) in [5.41, 5.74) is 4.95. The van der Waals surface area contributed by atoms with Crippen LogP contribution in [0.15, 0.2) is 132 Å². The monoisotopic (exact) mass is 877 g/mol. The lowest BCUT2D eigenvalue weighted by atomic mass is 10.0. The maximum Gasteiger partial charge on any atom is 0.326 e. The van der Waals surface area contributed by atoms with E-state index in [0.29, 0.717) is 21.3 Å². The Morgan fingerprint density at radius 3 is 1.73 bits per heavy atom. The normalized spacial score (nSPS) is 11.8. The van der Waals surface area contributed by atoms with E-state index in [4.69, 9.17) is 11.6 Å². The molecule has 3 amide bonds. The number of carbonyl (C=O) groups is 5. The van der Waals surface area contributed by atoms with Crippen LogP contribution in [-0.4, -0.2) is 67.0 Å². The highest BCUT2D eigenvalue weighted by Crippen LogP contribution is 2.24. The number of anilines is 1. The molecule has 15 heteroatoms. The third-order valence-electron chi connectivity index (χ3n) is 9.30. The number of fused-ring (bicyclic) bond motifs is 2. The fourth-order valence-corrected chi connectivity index (χ4v) is 7.12. The molecule has 0 bridgehead atoms. The van der Waals surface area contributed by atoms with Gasteiger partial charge in [0.05, 0.1) is 22.6 Å². The maximum absolute atomic E-state index is 12.8. The van der Waals surface area contributed by atoms with Gasteiger partial charge < -0.3 is 41.2 Å². The van der Waals surface area contributed by atoms with Crippen LogP contribution < -0.4 is 16.0 Å². The third-order valence-corrected chi connectivity index (χ3v) is 10.3. The van der Waals surface area contributed by atoms with Crippen LogP contribution in [0.2, 0.25) is 5.02 Å². The molecule has 13 nitrogen and oxygen atoms in total. The number of para-hydroxylation sites is 2. The molecule has 0 saturated carbocycles. The van der Waals surface area contributed by atoms with E-state index >= 15 is 0 Å². The van der Waals surface area contributed by atoms with Crippen molar-refractivity contribution in [2.24, 2.45) is 0 Å². The zero-order chi connectivity index (χ0) is 42.1. The van der Waals surface area contributed by atoms with Gasteiger partial charge in [-0.2, -0.15) is 0 Å². The Kier molecular flexibility index (Phi) is 13.5. The molecular weight excluding hydrogens is 842 g/mol. The van der Waals surface area contributed by atoms with E-state index in [1.165, 1.54) is 30.3 Å². The minimum Gasteiger partial charge on any atom is -0.508 e. The lowest BCUT2D eigenvalue weighted by Crippen LogP contribution is -2.42. The number of aliphatic carboxylic acids is 2. The summed E-state index contributed by atoms with van der Waals surface area (Å²) in [5.74, 6) is -3.56. The number of hydrogen-bond donors (Lipinski definition) is 8. The first-order valence-corrected chi connectivity index (χ1v) is 19.3. The van der Waals surface area contributed by atoms with Crippen LogP contribution in [0.1, 0.15) is 37.4 Å². The zero-order valence-corrected chi connectivity index (χ0v) is 33.4. The molecule has 2 heterocycles. The highest BCUT2D eigenvalue weighted by Gasteiger charge is 2.25. The van der Waals surface area contributed by atoms with Gasteiger partial charge >= 0.3 is 11.9 Å². The van der Waals surface area contributed by atoms with Crippen molar-refractivity contribution in [3.8, 4) is 5.75 Å². The van der Waals surface area contributed by atoms with Crippen molar-refractivity contribution in [1.29, 1.82) is 0 Å². The number of hydrogen-bond acceptors (Lipinski definition) is 6. The van der Waals surface area contributed by atoms with E-state index in [1.54, 1.807) is 48.8 Å². The summed E-state index contributed by atoms with van der Waals surface area (Å²) in [6.45, 7) is 0. The molecule has 7 rings (SSSR count). The number of halogens is 2. The Hall–Kier alpha value is -6.90. The van der Waals surface area contributed by atoms with Gasteiger partial charge in [-0.15, -0.1) is 0 Å². The van der Waals surface area contributed by atoms with Crippen LogP contribution in [0.25, 0.3) is 21.8 Å². The number of aromatic amines is 2. The number of carboxylic acid groups (broad SMARTS) is 2. The Morgan fingerprint density at radius 1 is 0.644 bits per heavy atom. The van der Waals surface area contributed by atoms with E-state index in [2.05, 4.69) is 41.8 Å². The standard InChI is InChI=1S/C26H22ClN3O5.C18H15BrN2O3/c27-21-13-17(29-24(32)11-15-4-3-5-18(31)10-15)8-9-20(21)25(33)30-23(26(34)35)12-16-14-28-22-7-2-1-6-19(16)22;19-14-7-3-1-6-13(14)17(22)21-16(18(23)24)9-11-10-20-15-8-4-2-5-12(11)15/h1-10,13-14,23,28,31H,11-12H2,(H,29,32)(H,30,33)(H,34,35);1-8,10,16,20H,9H2,(H,21,22)(H,23,24)/t23-;16-/m00/s1. The van der Waals surface area contributed by atoms with E-state index in [9.17, 15) is 39.3 Å². The summed E-state index contributed by atoms with van der Waals surface area (Å²) in [6.07, 6.45) is 3.85. The summed E-state index contributed by atoms with van der Waals surface area (Å²) >= 11 is 9.58. The number of carbonyl (C=O) groups excluding carboxylic acids is 3. The summed E-state index contributed by atoms with van der Waals surface area (Å²) in [5, 5.41) is 38.4. The predicted molar refractivity (Wildman–Crippen MR) is 228 cm³/mol. The van der Waals surface area contributed by atoms with Crippen LogP contribution in [0.4, 0.5) is 5.69 Å². The van der Waals surface area contributed by atoms with Gasteiger partial charge in [0.2, 0.25) is 5.91 Å². The maximum atomic E-state index is 12.8. The van der Waals surface area contributed by atoms with Crippen LogP contribution in [0.3, 0.4) is 0 Å². The molecule has 2 atom stereocenters. The minimum absolute atomic E-state index is 0.0440. The van der Waals surface area contributed by atoms with Gasteiger partial charge in [-0.05, 0) is 87.2 Å². The molecule has 0 aliphatic rings. The van der Waals surface area contributed by atoms with Crippen molar-refractivity contribution in [3.05, 3.63) is 165 Å². The molecule has 0 aliphatic heterocycles. The van der Waals surface area contributed by atoms with E-state index in [0.717, 1.165) is 32.9 Å². The largest absolute Gasteiger partial charge is 0.508 e. The van der Waals surface area contributed by atoms with Crippen LogP contribution >= 0.6 is 27.5 Å². The number of carboxylic acids is 2. The topological polar surface area (TPSA) is 214 Å². The number of amides is 3. The molecule has 0 unspecified atom stereocenters. The Labute approximate surface area is 350 Å². The Bertz CT molecular complexity index is 2680. The first-order valence-electron chi connectivity index (χ1n) is 18.2. The molecule has 300 valence electrons. The highest BCUT2D eigenvalue weighted by atomic mass is 79.9. The van der Waals surface area contributed by atoms with Gasteiger partial charge in [0.1, 0.15) is 17.8 Å². The van der Waals surface area contributed by atoms with Gasteiger partial charge in [0, 0.05) is 57.2 Å². The lowest BCUT2D eigenvalue weighted by Gasteiger charge is -2.15. The quantitative estimate of drug-likeness (QED) is 0.0580. The van der Waals surface area contributed by atoms with Gasteiger partial charge in [-0.1, -0.05) is 72.3 Å². The number of aromatic hydroxyl groups is 1. The fraction of sp³-hybridized carbons (Fsp3) is 0.114. The number of phenolic OH excluding ortho intramolecular Hbond substituents is 1. The van der Waals surface area contributed by atoms with Crippen molar-refractivity contribution in [3.63, 3.8) is 0 Å². The number of benzene rings is 5. The molecule has 0 radical (unpaired) electrons. The first kappa shape index (κ1) is 41.7. The molecule has 7 aromatic rings. The predicted octanol–water partition coefficient (Wildman–Crippen LogP) is 7.49. The summed E-state index contributed by atoms with van der Waals surface area (Å²) in [7, 11) is 0. The van der Waals surface area contributed by atoms with Gasteiger partial charge in [0.15, 0.2) is 0 Å². The molecule has 0 spiro atoms. The Balaban J connectivity index is 0.000000213. The fourth-order valence-electron chi connectivity index (χ4n) is 6.39. The van der Waals surface area contributed by atoms with Gasteiger partial charge in [-0.25, -0.2) is 9.59 Å². The first-order chi connectivity index (χ1) is 28.4. The van der Waals surface area contributed by atoms with Crippen molar-refractivity contribution < 1.29 is 39.3 Å². The van der Waals surface area contributed by atoms with E-state index in [1.807, 2.05) is 48.5 Å². The molecule has 0 aliphatic carbocycles. The lowest BCUT2D eigenvalue weighted by molar-refractivity contribution is -0.140. The molecular formula is C44H37BrClN5O8. The molecule has 8 N–H and O–H groups in total. The highest BCUT2D eigenvalue weighted by molar-refractivity contribution is 9.10. The van der Waals surface area contributed by atoms with Crippen molar-refractivity contribution in [2.75, 3.05) is 5.32 Å². The van der Waals surface area contributed by atoms with Crippen LogP contribution in [0, 0.1) is 0 Å². The second-order valence-electron chi connectivity index (χ2n) is 13.4. The number of H-pyrrole nitrogens is 2. The molecule has 0 saturated heterocycles. The minimum atomic E-state index is -1.17. The van der Waals surface area contributed by atoms with Gasteiger partial charge in [-0.3, -0.25) is 14.4 Å². The third kappa shape index (κ3) is 10.7. The average molecular weight is 879 g/mol. The average Bonchev–Trinajstić information content (AvgIpc) is 3.81. The smallest absolute Gasteiger partial charge is 0.326 e. The van der Waals surface area contributed by atoms with Crippen molar-refractivity contribution in [1.82, 2.24) is 20.6 Å². The van der Waals surface area contributed by atoms with Crippen LogP contribution in [0.5, 0.6) is 5.75 Å². The zero-order valence-electron chi connectivity index (χ0n) is 31.0. The summed E-state index contributed by atoms with van der Waals surface area (Å²) in [4.78, 5) is 67.1. The molecule has 2 aromatic heterocycles. The SMILES string of the molecule is O=C(Cc1cccc(O)c1)Nc1ccc(C(=O)N[C@@H](Cc2c[nH]c3ccccc23)C(=O)O)c(Cl)c1.O=C(N[C@@H](Cc1c[nH]c2ccccc12)C(=O)O)c1ccccc1Br. The number of rotatable bonds is 13. The van der Waals surface area contributed by atoms with E-state index in [-0.39, 0.29) is 41.5 Å². The Morgan fingerprint density at radius 2 is 1.19 bits per heavy atom. The second kappa shape index (κ2) is 19.0. The number of aromatic nitrogens is 2. The second-order valence-corrected chi connectivity index (χ2v) is 14.7. The summed E-state index contributed by atoms with van der Waals surface area (Å²) in [6, 6.07) is 30.6. The van der Waals surface area contributed by atoms with Crippen LogP contribution in [-0.2, 0) is 33.6 Å².